The molecule has 0 radical (unpaired) electrons. The van der Waals surface area contributed by atoms with E-state index in [1.54, 1.807) is 0 Å². The van der Waals surface area contributed by atoms with Crippen LogP contribution in [0.3, 0.4) is 0 Å². The van der Waals surface area contributed by atoms with Gasteiger partial charge in [0.05, 0.1) is 0 Å². The van der Waals surface area contributed by atoms with Gasteiger partial charge in [-0.05, 0) is 65.5 Å². The van der Waals surface area contributed by atoms with Gasteiger partial charge in [-0.25, -0.2) is 0 Å². The minimum absolute atomic E-state index is 1.25. The summed E-state index contributed by atoms with van der Waals surface area (Å²) in [5.74, 6) is 0. The Bertz CT molecular complexity index is 130. The van der Waals surface area contributed by atoms with Crippen molar-refractivity contribution in [3.63, 3.8) is 0 Å². The largest absolute Gasteiger partial charge is 0.306 e. The van der Waals surface area contributed by atoms with E-state index in [0.29, 0.717) is 0 Å². The van der Waals surface area contributed by atoms with Gasteiger partial charge in [-0.1, -0.05) is 13.3 Å². The van der Waals surface area contributed by atoms with Gasteiger partial charge in [0.1, 0.15) is 0 Å². The molecule has 0 aromatic carbocycles. The van der Waals surface area contributed by atoms with Crippen LogP contribution in [0.15, 0.2) is 0 Å². The van der Waals surface area contributed by atoms with E-state index in [9.17, 15) is 0 Å². The normalized spacial score (nSPS) is 19.1. The van der Waals surface area contributed by atoms with Crippen molar-refractivity contribution in [3.05, 3.63) is 0 Å². The summed E-state index contributed by atoms with van der Waals surface area (Å²) in [5.41, 5.74) is 0. The van der Waals surface area contributed by atoms with Gasteiger partial charge in [-0.2, -0.15) is 0 Å². The first-order valence-electron chi connectivity index (χ1n) is 6.24. The van der Waals surface area contributed by atoms with E-state index in [-0.39, 0.29) is 0 Å². The molecule has 0 aliphatic carbocycles. The Balaban J connectivity index is 1.96. The summed E-state index contributed by atoms with van der Waals surface area (Å²) in [6, 6.07) is 0. The standard InChI is InChI=1S/C12H26N2/c1-3-8-13(2)9-7-12-14-10-5-4-6-11-14/h3-12H2,1-2H3. The molecule has 0 bridgehead atoms. The van der Waals surface area contributed by atoms with Crippen LogP contribution < -0.4 is 0 Å². The molecule has 0 saturated carbocycles. The first-order valence-corrected chi connectivity index (χ1v) is 6.24. The van der Waals surface area contributed by atoms with Gasteiger partial charge in [0.2, 0.25) is 0 Å². The van der Waals surface area contributed by atoms with Gasteiger partial charge < -0.3 is 9.80 Å². The van der Waals surface area contributed by atoms with Crippen LogP contribution in [0.2, 0.25) is 0 Å². The predicted octanol–water partition coefficient (Wildman–Crippen LogP) is 2.20. The van der Waals surface area contributed by atoms with Crippen molar-refractivity contribution in [2.75, 3.05) is 39.8 Å². The van der Waals surface area contributed by atoms with Gasteiger partial charge in [0, 0.05) is 0 Å². The topological polar surface area (TPSA) is 6.48 Å². The Hall–Kier alpha value is -0.0800. The van der Waals surface area contributed by atoms with Crippen LogP contribution in [-0.4, -0.2) is 49.6 Å². The van der Waals surface area contributed by atoms with Crippen LogP contribution in [-0.2, 0) is 0 Å². The zero-order chi connectivity index (χ0) is 10.2. The summed E-state index contributed by atoms with van der Waals surface area (Å²) in [5, 5.41) is 0. The number of likely N-dealkylation sites (tertiary alicyclic amines) is 1. The lowest BCUT2D eigenvalue weighted by Crippen LogP contribution is -2.32. The van der Waals surface area contributed by atoms with Crippen molar-refractivity contribution in [1.82, 2.24) is 9.80 Å². The van der Waals surface area contributed by atoms with Crippen LogP contribution in [0.5, 0.6) is 0 Å². The van der Waals surface area contributed by atoms with Crippen molar-refractivity contribution >= 4 is 0 Å². The molecule has 1 fully saturated rings. The summed E-state index contributed by atoms with van der Waals surface area (Å²) in [6.07, 6.45) is 6.92. The highest BCUT2D eigenvalue weighted by Gasteiger charge is 2.09. The number of hydrogen-bond acceptors (Lipinski definition) is 2. The molecule has 0 spiro atoms. The summed E-state index contributed by atoms with van der Waals surface area (Å²) >= 11 is 0. The molecular formula is C12H26N2. The average Bonchev–Trinajstić information content (AvgIpc) is 2.20. The molecule has 1 aliphatic rings. The molecule has 1 aliphatic heterocycles. The Morgan fingerprint density at radius 2 is 1.79 bits per heavy atom. The Kier molecular flexibility index (Phi) is 6.20. The molecular weight excluding hydrogens is 172 g/mol. The van der Waals surface area contributed by atoms with Crippen molar-refractivity contribution in [2.45, 2.75) is 39.0 Å². The van der Waals surface area contributed by atoms with Gasteiger partial charge in [0.15, 0.2) is 0 Å². The summed E-state index contributed by atoms with van der Waals surface area (Å²) < 4.78 is 0. The molecule has 14 heavy (non-hydrogen) atoms. The van der Waals surface area contributed by atoms with Gasteiger partial charge in [0.25, 0.3) is 0 Å². The number of piperidine rings is 1. The Morgan fingerprint density at radius 3 is 2.43 bits per heavy atom. The molecule has 1 rings (SSSR count). The number of rotatable bonds is 6. The van der Waals surface area contributed by atoms with Gasteiger partial charge in [-0.3, -0.25) is 0 Å². The lowest BCUT2D eigenvalue weighted by Gasteiger charge is -2.27. The van der Waals surface area contributed by atoms with E-state index in [1.165, 1.54) is 64.8 Å². The molecule has 0 aromatic rings. The molecule has 2 nitrogen and oxygen atoms in total. The molecule has 0 atom stereocenters. The maximum absolute atomic E-state index is 2.63. The van der Waals surface area contributed by atoms with E-state index in [1.807, 2.05) is 0 Å². The second-order valence-corrected chi connectivity index (χ2v) is 4.56. The highest BCUT2D eigenvalue weighted by molar-refractivity contribution is 4.65. The van der Waals surface area contributed by atoms with Crippen molar-refractivity contribution in [3.8, 4) is 0 Å². The minimum Gasteiger partial charge on any atom is -0.306 e. The van der Waals surface area contributed by atoms with Crippen LogP contribution >= 0.6 is 0 Å². The molecule has 0 unspecified atom stereocenters. The molecule has 0 aromatic heterocycles. The summed E-state index contributed by atoms with van der Waals surface area (Å²) in [7, 11) is 2.24. The molecule has 1 heterocycles. The second-order valence-electron chi connectivity index (χ2n) is 4.56. The molecule has 84 valence electrons. The lowest BCUT2D eigenvalue weighted by molar-refractivity contribution is 0.212. The summed E-state index contributed by atoms with van der Waals surface area (Å²) in [6.45, 7) is 8.77. The van der Waals surface area contributed by atoms with E-state index >= 15 is 0 Å². The van der Waals surface area contributed by atoms with E-state index < -0.39 is 0 Å². The number of hydrogen-bond donors (Lipinski definition) is 0. The SMILES string of the molecule is CCCN(C)CCCN1CCCCC1. The first-order chi connectivity index (χ1) is 6.83. The van der Waals surface area contributed by atoms with Crippen LogP contribution in [0, 0.1) is 0 Å². The number of nitrogens with zero attached hydrogens (tertiary/aromatic N) is 2. The van der Waals surface area contributed by atoms with E-state index in [0.717, 1.165) is 0 Å². The zero-order valence-electron chi connectivity index (χ0n) is 9.97. The van der Waals surface area contributed by atoms with Crippen molar-refractivity contribution in [1.29, 1.82) is 0 Å². The zero-order valence-corrected chi connectivity index (χ0v) is 9.97. The molecule has 0 N–H and O–H groups in total. The molecule has 2 heteroatoms. The Labute approximate surface area is 89.3 Å². The molecule has 0 amide bonds. The van der Waals surface area contributed by atoms with Crippen molar-refractivity contribution < 1.29 is 0 Å². The van der Waals surface area contributed by atoms with Crippen molar-refractivity contribution in [2.24, 2.45) is 0 Å². The maximum atomic E-state index is 2.63. The highest BCUT2D eigenvalue weighted by Crippen LogP contribution is 2.08. The van der Waals surface area contributed by atoms with E-state index in [2.05, 4.69) is 23.8 Å². The van der Waals surface area contributed by atoms with Crippen LogP contribution in [0.25, 0.3) is 0 Å². The molecule has 1 saturated heterocycles. The summed E-state index contributed by atoms with van der Waals surface area (Å²) in [4.78, 5) is 5.08. The average molecular weight is 198 g/mol. The maximum Gasteiger partial charge on any atom is -0.000655 e. The lowest BCUT2D eigenvalue weighted by atomic mass is 10.1. The fourth-order valence-corrected chi connectivity index (χ4v) is 2.24. The predicted molar refractivity (Wildman–Crippen MR) is 62.7 cm³/mol. The smallest absolute Gasteiger partial charge is 0.000655 e. The van der Waals surface area contributed by atoms with Gasteiger partial charge >= 0.3 is 0 Å². The van der Waals surface area contributed by atoms with Crippen LogP contribution in [0.1, 0.15) is 39.0 Å². The fourth-order valence-electron chi connectivity index (χ4n) is 2.24. The Morgan fingerprint density at radius 1 is 1.07 bits per heavy atom. The van der Waals surface area contributed by atoms with E-state index in [4.69, 9.17) is 0 Å². The third kappa shape index (κ3) is 4.97. The fraction of sp³-hybridized carbons (Fsp3) is 1.00. The monoisotopic (exact) mass is 198 g/mol. The minimum atomic E-state index is 1.25. The first kappa shape index (κ1) is 12.0. The second kappa shape index (κ2) is 7.24. The highest BCUT2D eigenvalue weighted by atomic mass is 15.1. The van der Waals surface area contributed by atoms with Gasteiger partial charge in [-0.15, -0.1) is 0 Å². The third-order valence-corrected chi connectivity index (χ3v) is 3.07. The third-order valence-electron chi connectivity index (χ3n) is 3.07. The quantitative estimate of drug-likeness (QED) is 0.645. The van der Waals surface area contributed by atoms with Crippen LogP contribution in [0.4, 0.5) is 0 Å².